The summed E-state index contributed by atoms with van der Waals surface area (Å²) in [6.45, 7) is 4.39. The molecule has 18 heavy (non-hydrogen) atoms. The van der Waals surface area contributed by atoms with E-state index in [1.165, 1.54) is 6.07 Å². The van der Waals surface area contributed by atoms with Gasteiger partial charge in [-0.15, -0.1) is 0 Å². The number of ketones is 1. The predicted molar refractivity (Wildman–Crippen MR) is 67.1 cm³/mol. The van der Waals surface area contributed by atoms with Gasteiger partial charge in [0.25, 0.3) is 0 Å². The molecule has 0 aliphatic carbocycles. The Morgan fingerprint density at radius 2 is 2.11 bits per heavy atom. The Hall–Kier alpha value is -1.97. The van der Waals surface area contributed by atoms with Crippen LogP contribution in [0.2, 0.25) is 0 Å². The van der Waals surface area contributed by atoms with Crippen molar-refractivity contribution in [1.82, 2.24) is 9.78 Å². The quantitative estimate of drug-likeness (QED) is 0.777. The van der Waals surface area contributed by atoms with E-state index in [9.17, 15) is 9.18 Å². The number of aromatic nitrogens is 2. The van der Waals surface area contributed by atoms with Gasteiger partial charge in [-0.25, -0.2) is 4.39 Å². The molecule has 0 saturated heterocycles. The van der Waals surface area contributed by atoms with Gasteiger partial charge in [-0.2, -0.15) is 5.10 Å². The van der Waals surface area contributed by atoms with Crippen molar-refractivity contribution in [3.05, 3.63) is 53.1 Å². The van der Waals surface area contributed by atoms with E-state index in [0.29, 0.717) is 17.8 Å². The molecule has 1 heterocycles. The van der Waals surface area contributed by atoms with E-state index in [1.807, 2.05) is 13.8 Å². The minimum Gasteiger partial charge on any atom is -0.292 e. The number of carbonyl (C=O) groups excluding carboxylic acids is 1. The molecule has 0 atom stereocenters. The Morgan fingerprint density at radius 3 is 2.78 bits per heavy atom. The number of hydrogen-bond acceptors (Lipinski definition) is 2. The van der Waals surface area contributed by atoms with E-state index in [-0.39, 0.29) is 18.0 Å². The molecule has 0 radical (unpaired) electrons. The third-order valence-electron chi connectivity index (χ3n) is 2.80. The Morgan fingerprint density at radius 1 is 1.39 bits per heavy atom. The molecule has 0 bridgehead atoms. The lowest BCUT2D eigenvalue weighted by Crippen LogP contribution is -2.12. The summed E-state index contributed by atoms with van der Waals surface area (Å²) in [6.07, 6.45) is 0.0673. The SMILES string of the molecule is CCn1nc(C)cc1C(=O)Cc1ccccc1F. The third-order valence-corrected chi connectivity index (χ3v) is 2.80. The number of aryl methyl sites for hydroxylation is 2. The van der Waals surface area contributed by atoms with Gasteiger partial charge >= 0.3 is 0 Å². The first-order valence-electron chi connectivity index (χ1n) is 5.93. The summed E-state index contributed by atoms with van der Waals surface area (Å²) < 4.78 is 15.1. The molecular weight excluding hydrogens is 231 g/mol. The second kappa shape index (κ2) is 5.12. The average Bonchev–Trinajstić information content (AvgIpc) is 2.73. The number of benzene rings is 1. The summed E-state index contributed by atoms with van der Waals surface area (Å²) in [6, 6.07) is 8.09. The highest BCUT2D eigenvalue weighted by atomic mass is 19.1. The van der Waals surface area contributed by atoms with Crippen molar-refractivity contribution in [2.45, 2.75) is 26.8 Å². The second-order valence-corrected chi connectivity index (χ2v) is 4.18. The van der Waals surface area contributed by atoms with Crippen LogP contribution in [0.25, 0.3) is 0 Å². The predicted octanol–water partition coefficient (Wildman–Crippen LogP) is 2.78. The molecule has 1 aromatic carbocycles. The van der Waals surface area contributed by atoms with Gasteiger partial charge in [0, 0.05) is 13.0 Å². The molecule has 0 aliphatic heterocycles. The van der Waals surface area contributed by atoms with Crippen LogP contribution < -0.4 is 0 Å². The maximum atomic E-state index is 13.5. The summed E-state index contributed by atoms with van der Waals surface area (Å²) in [5.74, 6) is -0.451. The van der Waals surface area contributed by atoms with Crippen LogP contribution >= 0.6 is 0 Å². The monoisotopic (exact) mass is 246 g/mol. The molecule has 1 aromatic heterocycles. The fraction of sp³-hybridized carbons (Fsp3) is 0.286. The number of Topliss-reactive ketones (excluding diaryl/α,β-unsaturated/α-hetero) is 1. The van der Waals surface area contributed by atoms with Crippen LogP contribution in [-0.4, -0.2) is 15.6 Å². The molecule has 0 spiro atoms. The lowest BCUT2D eigenvalue weighted by molar-refractivity contribution is 0.0981. The third kappa shape index (κ3) is 2.47. The van der Waals surface area contributed by atoms with Gasteiger partial charge in [0.2, 0.25) is 0 Å². The van der Waals surface area contributed by atoms with E-state index in [4.69, 9.17) is 0 Å². The van der Waals surface area contributed by atoms with Crippen LogP contribution in [0.1, 0.15) is 28.7 Å². The van der Waals surface area contributed by atoms with Crippen LogP contribution in [0.15, 0.2) is 30.3 Å². The summed E-state index contributed by atoms with van der Waals surface area (Å²) >= 11 is 0. The number of rotatable bonds is 4. The maximum absolute atomic E-state index is 13.5. The minimum absolute atomic E-state index is 0.0673. The van der Waals surface area contributed by atoms with Crippen LogP contribution in [0.5, 0.6) is 0 Å². The minimum atomic E-state index is -0.342. The molecule has 2 rings (SSSR count). The van der Waals surface area contributed by atoms with Gasteiger partial charge in [0.15, 0.2) is 5.78 Å². The fourth-order valence-electron chi connectivity index (χ4n) is 1.92. The smallest absolute Gasteiger partial charge is 0.185 e. The van der Waals surface area contributed by atoms with Crippen molar-refractivity contribution < 1.29 is 9.18 Å². The van der Waals surface area contributed by atoms with Gasteiger partial charge in [-0.1, -0.05) is 18.2 Å². The normalized spacial score (nSPS) is 10.6. The topological polar surface area (TPSA) is 34.9 Å². The zero-order valence-corrected chi connectivity index (χ0v) is 10.5. The Balaban J connectivity index is 2.25. The molecule has 0 N–H and O–H groups in total. The highest BCUT2D eigenvalue weighted by Crippen LogP contribution is 2.12. The number of halogens is 1. The van der Waals surface area contributed by atoms with E-state index < -0.39 is 0 Å². The molecule has 0 unspecified atom stereocenters. The average molecular weight is 246 g/mol. The summed E-state index contributed by atoms with van der Waals surface area (Å²) in [5, 5.41) is 4.22. The van der Waals surface area contributed by atoms with Crippen molar-refractivity contribution in [2.24, 2.45) is 0 Å². The number of nitrogens with zero attached hydrogens (tertiary/aromatic N) is 2. The van der Waals surface area contributed by atoms with Crippen molar-refractivity contribution in [2.75, 3.05) is 0 Å². The molecule has 3 nitrogen and oxygen atoms in total. The molecule has 4 heteroatoms. The van der Waals surface area contributed by atoms with Crippen molar-refractivity contribution in [1.29, 1.82) is 0 Å². The summed E-state index contributed by atoms with van der Waals surface area (Å²) in [7, 11) is 0. The zero-order chi connectivity index (χ0) is 13.1. The highest BCUT2D eigenvalue weighted by Gasteiger charge is 2.15. The van der Waals surface area contributed by atoms with Crippen molar-refractivity contribution in [3.63, 3.8) is 0 Å². The summed E-state index contributed by atoms with van der Waals surface area (Å²) in [5.41, 5.74) is 1.76. The van der Waals surface area contributed by atoms with Gasteiger partial charge in [0.1, 0.15) is 11.5 Å². The molecular formula is C14H15FN2O. The molecule has 2 aromatic rings. The lowest BCUT2D eigenvalue weighted by Gasteiger charge is -2.04. The van der Waals surface area contributed by atoms with Gasteiger partial charge in [-0.05, 0) is 31.5 Å². The van der Waals surface area contributed by atoms with Crippen LogP contribution in [-0.2, 0) is 13.0 Å². The van der Waals surface area contributed by atoms with E-state index in [2.05, 4.69) is 5.10 Å². The summed E-state index contributed by atoms with van der Waals surface area (Å²) in [4.78, 5) is 12.1. The van der Waals surface area contributed by atoms with Crippen molar-refractivity contribution >= 4 is 5.78 Å². The van der Waals surface area contributed by atoms with E-state index in [0.717, 1.165) is 5.69 Å². The first-order valence-corrected chi connectivity index (χ1v) is 5.93. The molecule has 94 valence electrons. The highest BCUT2D eigenvalue weighted by molar-refractivity contribution is 5.96. The largest absolute Gasteiger partial charge is 0.292 e. The van der Waals surface area contributed by atoms with Gasteiger partial charge in [-0.3, -0.25) is 9.48 Å². The Bertz CT molecular complexity index is 575. The molecule has 0 amide bonds. The first kappa shape index (κ1) is 12.5. The Kier molecular flexibility index (Phi) is 3.55. The zero-order valence-electron chi connectivity index (χ0n) is 10.5. The van der Waals surface area contributed by atoms with Crippen LogP contribution in [0, 0.1) is 12.7 Å². The first-order chi connectivity index (χ1) is 8.61. The van der Waals surface area contributed by atoms with Gasteiger partial charge < -0.3 is 0 Å². The molecule has 0 aliphatic rings. The van der Waals surface area contributed by atoms with Crippen molar-refractivity contribution in [3.8, 4) is 0 Å². The van der Waals surface area contributed by atoms with Crippen LogP contribution in [0.3, 0.4) is 0 Å². The maximum Gasteiger partial charge on any atom is 0.185 e. The molecule has 0 saturated carbocycles. The Labute approximate surface area is 105 Å². The van der Waals surface area contributed by atoms with Gasteiger partial charge in [0.05, 0.1) is 5.69 Å². The van der Waals surface area contributed by atoms with E-state index in [1.54, 1.807) is 28.9 Å². The number of hydrogen-bond donors (Lipinski definition) is 0. The fourth-order valence-corrected chi connectivity index (χ4v) is 1.92. The van der Waals surface area contributed by atoms with Crippen LogP contribution in [0.4, 0.5) is 4.39 Å². The second-order valence-electron chi connectivity index (χ2n) is 4.18. The standard InChI is InChI=1S/C14H15FN2O/c1-3-17-13(8-10(2)16-17)14(18)9-11-6-4-5-7-12(11)15/h4-8H,3,9H2,1-2H3. The number of carbonyl (C=O) groups is 1. The lowest BCUT2D eigenvalue weighted by atomic mass is 10.1. The van der Waals surface area contributed by atoms with E-state index >= 15 is 0 Å². The molecule has 0 fully saturated rings.